The molecule has 6 heteroatoms. The fourth-order valence-electron chi connectivity index (χ4n) is 10.7. The number of aromatic nitrogens is 2. The molecule has 12 rings (SSSR count). The van der Waals surface area contributed by atoms with Gasteiger partial charge in [0.15, 0.2) is 0 Å². The first-order valence-corrected chi connectivity index (χ1v) is 27.0. The second-order valence-corrected chi connectivity index (χ2v) is 25.3. The van der Waals surface area contributed by atoms with E-state index < -0.39 is 57.9 Å². The molecule has 0 radical (unpaired) electrons. The number of benzene rings is 8. The Hall–Kier alpha value is -7.20. The normalized spacial score (nSPS) is 17.6. The van der Waals surface area contributed by atoms with E-state index in [4.69, 9.17) is 19.3 Å². The average Bonchev–Trinajstić information content (AvgIpc) is 1.55. The van der Waals surface area contributed by atoms with E-state index in [1.165, 1.54) is 0 Å². The first kappa shape index (κ1) is 39.2. The Balaban J connectivity index is 0.00000919. The minimum Gasteiger partial charge on any atom is -0.509 e. The molecule has 0 fully saturated rings. The molecule has 0 unspecified atom stereocenters. The molecular formula is C74H73N4OPt-3. The molecular weight excluding hydrogens is 1160 g/mol. The third-order valence-corrected chi connectivity index (χ3v) is 15.5. The van der Waals surface area contributed by atoms with Gasteiger partial charge in [0.05, 0.1) is 20.6 Å². The van der Waals surface area contributed by atoms with Gasteiger partial charge >= 0.3 is 0 Å². The van der Waals surface area contributed by atoms with E-state index in [0.717, 1.165) is 12.0 Å². The summed E-state index contributed by atoms with van der Waals surface area (Å²) in [6.45, 7) is 27.5. The van der Waals surface area contributed by atoms with Crippen LogP contribution in [0.1, 0.15) is 151 Å². The number of ether oxygens (including phenoxy) is 1. The van der Waals surface area contributed by atoms with E-state index in [-0.39, 0.29) is 137 Å². The van der Waals surface area contributed by atoms with Crippen molar-refractivity contribution in [2.75, 3.05) is 9.80 Å². The van der Waals surface area contributed by atoms with E-state index in [2.05, 4.69) is 46.8 Å². The van der Waals surface area contributed by atoms with Crippen LogP contribution >= 0.6 is 0 Å². The van der Waals surface area contributed by atoms with Gasteiger partial charge in [-0.2, -0.15) is 12.1 Å². The summed E-state index contributed by atoms with van der Waals surface area (Å²) in [6.07, 6.45) is 3.12. The summed E-state index contributed by atoms with van der Waals surface area (Å²) in [5, 5.41) is 0.814. The van der Waals surface area contributed by atoms with Crippen molar-refractivity contribution in [2.45, 2.75) is 130 Å². The van der Waals surface area contributed by atoms with Gasteiger partial charge in [0.25, 0.3) is 0 Å². The van der Waals surface area contributed by atoms with Gasteiger partial charge in [0.1, 0.15) is 5.82 Å². The molecule has 0 N–H and O–H groups in total. The van der Waals surface area contributed by atoms with E-state index >= 15 is 0 Å². The Bertz CT molecular complexity index is 4870. The fourth-order valence-corrected chi connectivity index (χ4v) is 10.7. The Morgan fingerprint density at radius 2 is 1.19 bits per heavy atom. The Labute approximate surface area is 511 Å². The minimum absolute atomic E-state index is 0. The van der Waals surface area contributed by atoms with Gasteiger partial charge < -0.3 is 19.1 Å². The summed E-state index contributed by atoms with van der Waals surface area (Å²) >= 11 is 0. The molecule has 0 saturated heterocycles. The summed E-state index contributed by atoms with van der Waals surface area (Å²) in [5.74, 6) is 0.926. The maximum Gasteiger partial charge on any atom is 0.135 e. The first-order valence-electron chi connectivity index (χ1n) is 34.5. The molecule has 1 aliphatic heterocycles. The van der Waals surface area contributed by atoms with Crippen molar-refractivity contribution >= 4 is 44.6 Å². The number of pyridine rings is 1. The van der Waals surface area contributed by atoms with E-state index in [9.17, 15) is 11.0 Å². The minimum atomic E-state index is -0.875. The number of fused-ring (bicyclic) bond motifs is 5. The van der Waals surface area contributed by atoms with Gasteiger partial charge in [-0.05, 0) is 138 Å². The number of rotatable bonds is 8. The zero-order chi connectivity index (χ0) is 68.4. The Morgan fingerprint density at radius 3 is 1.90 bits per heavy atom. The number of hydrogen-bond donors (Lipinski definition) is 0. The van der Waals surface area contributed by atoms with Crippen LogP contribution in [0, 0.1) is 18.8 Å². The smallest absolute Gasteiger partial charge is 0.135 e. The third-order valence-electron chi connectivity index (χ3n) is 15.5. The maximum atomic E-state index is 10.4. The van der Waals surface area contributed by atoms with Crippen LogP contribution in [0.3, 0.4) is 0 Å². The monoisotopic (exact) mass is 1240 g/mol. The molecule has 0 atom stereocenters. The number of nitrogens with zero attached hydrogens (tertiary/aromatic N) is 4. The molecule has 0 spiro atoms. The topological polar surface area (TPSA) is 33.5 Å². The van der Waals surface area contributed by atoms with Gasteiger partial charge in [-0.3, -0.25) is 0 Å². The number of anilines is 4. The summed E-state index contributed by atoms with van der Waals surface area (Å²) in [5.41, 5.74) is 2.45. The summed E-state index contributed by atoms with van der Waals surface area (Å²) in [6, 6.07) is 25.4. The van der Waals surface area contributed by atoms with Crippen molar-refractivity contribution in [1.82, 2.24) is 9.55 Å². The van der Waals surface area contributed by atoms with Crippen LogP contribution in [0.25, 0.3) is 61.0 Å². The molecule has 408 valence electrons. The van der Waals surface area contributed by atoms with Gasteiger partial charge in [-0.25, -0.2) is 4.98 Å². The summed E-state index contributed by atoms with van der Waals surface area (Å²) in [7, 11) is 0. The molecule has 10 aromatic rings. The summed E-state index contributed by atoms with van der Waals surface area (Å²) in [4.78, 5) is 8.45. The second-order valence-electron chi connectivity index (χ2n) is 25.3. The predicted octanol–water partition coefficient (Wildman–Crippen LogP) is 20.2. The van der Waals surface area contributed by atoms with Crippen molar-refractivity contribution in [3.05, 3.63) is 222 Å². The molecule has 0 saturated carbocycles. The van der Waals surface area contributed by atoms with Crippen molar-refractivity contribution in [2.24, 2.45) is 0 Å². The average molecular weight is 1240 g/mol. The molecule has 5 nitrogen and oxygen atoms in total. The van der Waals surface area contributed by atoms with Crippen LogP contribution < -0.4 is 14.5 Å². The fraction of sp³-hybridized carbons (Fsp3) is 0.270. The van der Waals surface area contributed by atoms with Crippen LogP contribution in [-0.4, -0.2) is 9.55 Å². The van der Waals surface area contributed by atoms with Crippen LogP contribution in [-0.2, 0) is 48.1 Å². The van der Waals surface area contributed by atoms with Crippen LogP contribution in [0.5, 0.6) is 11.5 Å². The molecule has 8 aromatic carbocycles. The van der Waals surface area contributed by atoms with Gasteiger partial charge in [-0.15, -0.1) is 48.1 Å². The molecule has 2 aromatic heterocycles. The van der Waals surface area contributed by atoms with Gasteiger partial charge in [-0.1, -0.05) is 192 Å². The Kier molecular flexibility index (Phi) is 9.86. The van der Waals surface area contributed by atoms with Gasteiger partial charge in [0, 0.05) is 72.5 Å². The standard InChI is InChI=1S/C74H73N4O.Pt/c1-70(2,3)52-21-18-20-50(40-52)48-28-30-49(31-29-48)60-42-54(72(7,8)9)43-61(51-32-35-62-63(41-51)74(12,13)38-37-73(62,10)11)69(60)77-47-76(65-26-16-17-27-66(65)77)55-22-19-23-56(45-55)79-57-33-34-59-58-24-14-15-25-64(58)78(67(59)46-57)68-44-53(36-39-75-68)71(4,5)6;/h14-36,39-44,47H,37-38H2,1-13H3;/q-3;/i14D,15D,18D,20D,21D,24D,25D,28D,29D,30D,31D,32D,35D,40D,41D;. The van der Waals surface area contributed by atoms with Gasteiger partial charge in [0.2, 0.25) is 0 Å². The molecule has 80 heavy (non-hydrogen) atoms. The van der Waals surface area contributed by atoms with E-state index in [0.29, 0.717) is 67.8 Å². The molecule has 2 aliphatic rings. The maximum absolute atomic E-state index is 10.4. The number of para-hydroxylation sites is 3. The van der Waals surface area contributed by atoms with Crippen molar-refractivity contribution in [1.29, 1.82) is 0 Å². The zero-order valence-corrected chi connectivity index (χ0v) is 49.9. The third kappa shape index (κ3) is 9.99. The van der Waals surface area contributed by atoms with Crippen molar-refractivity contribution < 1.29 is 46.4 Å². The zero-order valence-electron chi connectivity index (χ0n) is 62.6. The van der Waals surface area contributed by atoms with Crippen LogP contribution in [0.2, 0.25) is 0 Å². The second kappa shape index (κ2) is 20.1. The molecule has 3 heterocycles. The van der Waals surface area contributed by atoms with E-state index in [1.54, 1.807) is 62.5 Å². The van der Waals surface area contributed by atoms with Crippen LogP contribution in [0.4, 0.5) is 22.7 Å². The SMILES string of the molecule is [2H]c1c([2H])c(-c2c([2H])c([2H])c(-c3cc(C(C)(C)C)cc(-c4c([2H])c([2H])c5c(c4[2H])C(C)(C)CCC5(C)C)c3N3[CH-]N(c4[c-]c(Oc5[c-]c6c(cc5)c5c([2H])c([2H])c([2H])c([2H])c5n6-c5cc(C(C)(C)C)ccn5)ccc4)c4ccccc43)c([2H])c2[2H])c([2H])c(C(C)(C)C)c1[2H].[Pt]. The number of hydrogen-bond acceptors (Lipinski definition) is 4. The largest absolute Gasteiger partial charge is 0.509 e. The molecule has 0 amide bonds. The Morgan fingerprint density at radius 1 is 0.550 bits per heavy atom. The van der Waals surface area contributed by atoms with Crippen LogP contribution in [0.15, 0.2) is 176 Å². The van der Waals surface area contributed by atoms with E-state index in [1.807, 2.05) is 99.0 Å². The van der Waals surface area contributed by atoms with Crippen molar-refractivity contribution in [3.63, 3.8) is 0 Å². The summed E-state index contributed by atoms with van der Waals surface area (Å²) < 4.78 is 151. The molecule has 1 aliphatic carbocycles. The quantitative estimate of drug-likeness (QED) is 0.142. The predicted molar refractivity (Wildman–Crippen MR) is 332 cm³/mol. The van der Waals surface area contributed by atoms with Crippen molar-refractivity contribution in [3.8, 4) is 50.7 Å². The first-order chi connectivity index (χ1) is 43.8. The molecule has 0 bridgehead atoms.